The molecule has 3 atom stereocenters. The van der Waals surface area contributed by atoms with Gasteiger partial charge in [-0.05, 0) is 51.1 Å². The lowest BCUT2D eigenvalue weighted by Crippen LogP contribution is -2.47. The fourth-order valence-electron chi connectivity index (χ4n) is 3.68. The van der Waals surface area contributed by atoms with Crippen LogP contribution in [0.4, 0.5) is 0 Å². The van der Waals surface area contributed by atoms with Crippen molar-refractivity contribution in [2.24, 2.45) is 5.92 Å². The zero-order chi connectivity index (χ0) is 14.0. The first-order valence-electron chi connectivity index (χ1n) is 8.45. The normalized spacial score (nSPS) is 30.8. The summed E-state index contributed by atoms with van der Waals surface area (Å²) in [5.74, 6) is 0.848. The Morgan fingerprint density at radius 3 is 2.75 bits per heavy atom. The van der Waals surface area contributed by atoms with E-state index in [1.807, 2.05) is 0 Å². The van der Waals surface area contributed by atoms with Crippen LogP contribution in [0, 0.1) is 5.92 Å². The third-order valence-electron chi connectivity index (χ3n) is 4.74. The molecule has 1 heterocycles. The van der Waals surface area contributed by atoms with E-state index in [4.69, 9.17) is 9.47 Å². The molecule has 1 aliphatic heterocycles. The third-order valence-corrected chi connectivity index (χ3v) is 4.74. The Kier molecular flexibility index (Phi) is 7.88. The monoisotopic (exact) mass is 284 g/mol. The van der Waals surface area contributed by atoms with Gasteiger partial charge in [-0.1, -0.05) is 12.8 Å². The van der Waals surface area contributed by atoms with Gasteiger partial charge >= 0.3 is 0 Å². The van der Waals surface area contributed by atoms with Crippen molar-refractivity contribution in [2.45, 2.75) is 57.0 Å². The molecule has 1 aliphatic carbocycles. The fourth-order valence-corrected chi connectivity index (χ4v) is 3.68. The van der Waals surface area contributed by atoms with Crippen molar-refractivity contribution in [1.29, 1.82) is 0 Å². The van der Waals surface area contributed by atoms with Gasteiger partial charge in [-0.25, -0.2) is 0 Å². The van der Waals surface area contributed by atoms with Crippen LogP contribution in [0.2, 0.25) is 0 Å². The molecular weight excluding hydrogens is 252 g/mol. The number of rotatable bonds is 9. The first-order valence-corrected chi connectivity index (χ1v) is 8.45. The molecule has 0 aromatic rings. The lowest BCUT2D eigenvalue weighted by molar-refractivity contribution is 0.0686. The Morgan fingerprint density at radius 1 is 1.05 bits per heavy atom. The summed E-state index contributed by atoms with van der Waals surface area (Å²) in [6.45, 7) is 4.57. The van der Waals surface area contributed by atoms with E-state index in [9.17, 15) is 0 Å². The van der Waals surface area contributed by atoms with E-state index < -0.39 is 0 Å². The minimum atomic E-state index is 0.700. The summed E-state index contributed by atoms with van der Waals surface area (Å²) in [5, 5.41) is 7.49. The van der Waals surface area contributed by atoms with Crippen LogP contribution < -0.4 is 10.6 Å². The van der Waals surface area contributed by atoms with Crippen LogP contribution in [0.25, 0.3) is 0 Å². The minimum Gasteiger partial charge on any atom is -0.382 e. The van der Waals surface area contributed by atoms with E-state index in [-0.39, 0.29) is 0 Å². The van der Waals surface area contributed by atoms with Crippen molar-refractivity contribution >= 4 is 0 Å². The first kappa shape index (κ1) is 16.2. The number of hydrogen-bond donors (Lipinski definition) is 2. The van der Waals surface area contributed by atoms with E-state index in [2.05, 4.69) is 10.6 Å². The molecule has 0 amide bonds. The molecule has 2 aliphatic rings. The van der Waals surface area contributed by atoms with E-state index >= 15 is 0 Å². The second kappa shape index (κ2) is 9.72. The van der Waals surface area contributed by atoms with Gasteiger partial charge < -0.3 is 20.1 Å². The summed E-state index contributed by atoms with van der Waals surface area (Å²) < 4.78 is 10.5. The molecule has 2 rings (SSSR count). The number of hydrogen-bond acceptors (Lipinski definition) is 4. The average Bonchev–Trinajstić information content (AvgIpc) is 3.01. The molecule has 1 saturated heterocycles. The van der Waals surface area contributed by atoms with Gasteiger partial charge in [0.15, 0.2) is 0 Å². The molecule has 0 aromatic heterocycles. The highest BCUT2D eigenvalue weighted by Gasteiger charge is 2.32. The zero-order valence-electron chi connectivity index (χ0n) is 13.0. The van der Waals surface area contributed by atoms with Gasteiger partial charge in [0.2, 0.25) is 0 Å². The summed E-state index contributed by atoms with van der Waals surface area (Å²) in [5.41, 5.74) is 0. The van der Waals surface area contributed by atoms with Gasteiger partial charge in [-0.15, -0.1) is 0 Å². The Balaban J connectivity index is 1.59. The molecule has 20 heavy (non-hydrogen) atoms. The highest BCUT2D eigenvalue weighted by molar-refractivity contribution is 4.91. The Bertz CT molecular complexity index is 245. The molecular formula is C16H32N2O2. The van der Waals surface area contributed by atoms with E-state index in [1.165, 1.54) is 45.1 Å². The third kappa shape index (κ3) is 5.32. The second-order valence-corrected chi connectivity index (χ2v) is 6.17. The molecule has 0 aromatic carbocycles. The standard InChI is InChI=1S/C16H32N2O2/c1-19-12-13-20-11-5-10-18-15-7-3-2-6-14(15)16-8-4-9-17-16/h14-18H,2-13H2,1H3. The minimum absolute atomic E-state index is 0.700. The summed E-state index contributed by atoms with van der Waals surface area (Å²) in [7, 11) is 1.71. The van der Waals surface area contributed by atoms with Crippen LogP contribution in [0.1, 0.15) is 44.9 Å². The van der Waals surface area contributed by atoms with Crippen LogP contribution >= 0.6 is 0 Å². The fraction of sp³-hybridized carbons (Fsp3) is 1.00. The lowest BCUT2D eigenvalue weighted by atomic mass is 9.79. The largest absolute Gasteiger partial charge is 0.382 e. The van der Waals surface area contributed by atoms with Crippen molar-refractivity contribution in [3.8, 4) is 0 Å². The van der Waals surface area contributed by atoms with Crippen LogP contribution in [-0.2, 0) is 9.47 Å². The van der Waals surface area contributed by atoms with Crippen molar-refractivity contribution in [1.82, 2.24) is 10.6 Å². The quantitative estimate of drug-likeness (QED) is 0.635. The topological polar surface area (TPSA) is 42.5 Å². The van der Waals surface area contributed by atoms with Gasteiger partial charge in [0.05, 0.1) is 13.2 Å². The van der Waals surface area contributed by atoms with Crippen molar-refractivity contribution in [3.05, 3.63) is 0 Å². The summed E-state index contributed by atoms with van der Waals surface area (Å²) in [4.78, 5) is 0. The molecule has 2 fully saturated rings. The Labute approximate surface area is 124 Å². The average molecular weight is 284 g/mol. The Hall–Kier alpha value is -0.160. The predicted octanol–water partition coefficient (Wildman–Crippen LogP) is 1.94. The summed E-state index contributed by atoms with van der Waals surface area (Å²) in [6, 6.07) is 1.49. The summed E-state index contributed by atoms with van der Waals surface area (Å²) in [6.07, 6.45) is 9.41. The smallest absolute Gasteiger partial charge is 0.0700 e. The molecule has 118 valence electrons. The van der Waals surface area contributed by atoms with Gasteiger partial charge in [0.25, 0.3) is 0 Å². The van der Waals surface area contributed by atoms with E-state index in [1.54, 1.807) is 7.11 Å². The lowest BCUT2D eigenvalue weighted by Gasteiger charge is -2.36. The highest BCUT2D eigenvalue weighted by atomic mass is 16.5. The van der Waals surface area contributed by atoms with Gasteiger partial charge in [-0.2, -0.15) is 0 Å². The Morgan fingerprint density at radius 2 is 1.95 bits per heavy atom. The van der Waals surface area contributed by atoms with Crippen molar-refractivity contribution in [2.75, 3.05) is 40.0 Å². The molecule has 0 radical (unpaired) electrons. The second-order valence-electron chi connectivity index (χ2n) is 6.17. The molecule has 0 bridgehead atoms. The number of nitrogens with one attached hydrogen (secondary N) is 2. The van der Waals surface area contributed by atoms with Crippen molar-refractivity contribution in [3.63, 3.8) is 0 Å². The van der Waals surface area contributed by atoms with Crippen molar-refractivity contribution < 1.29 is 9.47 Å². The van der Waals surface area contributed by atoms with E-state index in [0.29, 0.717) is 13.2 Å². The van der Waals surface area contributed by atoms with Crippen LogP contribution in [-0.4, -0.2) is 52.1 Å². The highest BCUT2D eigenvalue weighted by Crippen LogP contribution is 2.30. The van der Waals surface area contributed by atoms with Crippen LogP contribution in [0.3, 0.4) is 0 Å². The zero-order valence-corrected chi connectivity index (χ0v) is 13.0. The predicted molar refractivity (Wildman–Crippen MR) is 82.1 cm³/mol. The molecule has 4 nitrogen and oxygen atoms in total. The molecule has 4 heteroatoms. The molecule has 3 unspecified atom stereocenters. The molecule has 2 N–H and O–H groups in total. The maximum absolute atomic E-state index is 5.51. The first-order chi connectivity index (χ1) is 9.92. The van der Waals surface area contributed by atoms with E-state index in [0.717, 1.165) is 37.6 Å². The number of ether oxygens (including phenoxy) is 2. The van der Waals surface area contributed by atoms with Crippen LogP contribution in [0.5, 0.6) is 0 Å². The van der Waals surface area contributed by atoms with Gasteiger partial charge in [0, 0.05) is 25.8 Å². The van der Waals surface area contributed by atoms with Gasteiger partial charge in [0.1, 0.15) is 0 Å². The maximum atomic E-state index is 5.51. The van der Waals surface area contributed by atoms with Crippen LogP contribution in [0.15, 0.2) is 0 Å². The van der Waals surface area contributed by atoms with Gasteiger partial charge in [-0.3, -0.25) is 0 Å². The number of methoxy groups -OCH3 is 1. The molecule has 1 saturated carbocycles. The summed E-state index contributed by atoms with van der Waals surface area (Å²) >= 11 is 0. The molecule has 0 spiro atoms. The SMILES string of the molecule is COCCOCCCNC1CCCCC1C1CCCN1. The maximum Gasteiger partial charge on any atom is 0.0700 e.